The van der Waals surface area contributed by atoms with E-state index >= 15 is 0 Å². The lowest BCUT2D eigenvalue weighted by Crippen LogP contribution is -2.40. The number of rotatable bonds is 10. The fourth-order valence-electron chi connectivity index (χ4n) is 3.17. The lowest BCUT2D eigenvalue weighted by molar-refractivity contribution is -0.121. The second kappa shape index (κ2) is 11.1. The number of amides is 1. The standard InChI is InChI=1S/C22H31ClN4O2/c1-16(2)13-26(14-17(3)4)12-11-24-21(28)15-27-22(29)10-9-20(25-27)18-5-7-19(23)8-6-18/h5-10,16-17H,11-15H2,1-4H3,(H,24,28). The molecule has 0 fully saturated rings. The first-order chi connectivity index (χ1) is 13.7. The summed E-state index contributed by atoms with van der Waals surface area (Å²) in [5, 5.41) is 7.86. The van der Waals surface area contributed by atoms with Gasteiger partial charge in [0, 0.05) is 42.8 Å². The summed E-state index contributed by atoms with van der Waals surface area (Å²) in [5.41, 5.74) is 1.15. The van der Waals surface area contributed by atoms with Crippen LogP contribution in [0.3, 0.4) is 0 Å². The molecule has 0 aliphatic rings. The fourth-order valence-corrected chi connectivity index (χ4v) is 3.30. The second-order valence-corrected chi connectivity index (χ2v) is 8.56. The van der Waals surface area contributed by atoms with E-state index in [1.807, 2.05) is 12.1 Å². The molecule has 1 amide bonds. The third kappa shape index (κ3) is 7.99. The van der Waals surface area contributed by atoms with Crippen LogP contribution in [0, 0.1) is 11.8 Å². The number of aromatic nitrogens is 2. The Labute approximate surface area is 177 Å². The van der Waals surface area contributed by atoms with Crippen LogP contribution in [-0.4, -0.2) is 46.8 Å². The van der Waals surface area contributed by atoms with Gasteiger partial charge in [0.2, 0.25) is 5.91 Å². The van der Waals surface area contributed by atoms with Gasteiger partial charge in [0.05, 0.1) is 5.69 Å². The third-order valence-electron chi connectivity index (χ3n) is 4.30. The average Bonchev–Trinajstić information content (AvgIpc) is 2.63. The minimum atomic E-state index is -0.306. The summed E-state index contributed by atoms with van der Waals surface area (Å²) < 4.78 is 1.19. The largest absolute Gasteiger partial charge is 0.353 e. The van der Waals surface area contributed by atoms with Crippen molar-refractivity contribution in [1.82, 2.24) is 20.0 Å². The van der Waals surface area contributed by atoms with Crippen LogP contribution in [0.2, 0.25) is 5.02 Å². The second-order valence-electron chi connectivity index (χ2n) is 8.12. The van der Waals surface area contributed by atoms with Crippen molar-refractivity contribution in [2.75, 3.05) is 26.2 Å². The molecule has 29 heavy (non-hydrogen) atoms. The Morgan fingerprint density at radius 1 is 1.07 bits per heavy atom. The summed E-state index contributed by atoms with van der Waals surface area (Å²) in [4.78, 5) is 26.8. The molecule has 0 aliphatic heterocycles. The zero-order chi connectivity index (χ0) is 21.4. The summed E-state index contributed by atoms with van der Waals surface area (Å²) in [7, 11) is 0. The van der Waals surface area contributed by atoms with Crippen LogP contribution in [0.15, 0.2) is 41.2 Å². The molecule has 2 aromatic rings. The number of halogens is 1. The van der Waals surface area contributed by atoms with E-state index in [0.717, 1.165) is 25.2 Å². The lowest BCUT2D eigenvalue weighted by Gasteiger charge is -2.26. The fraction of sp³-hybridized carbons (Fsp3) is 0.500. The van der Waals surface area contributed by atoms with Crippen molar-refractivity contribution in [3.05, 3.63) is 51.8 Å². The number of carbonyl (C=O) groups is 1. The van der Waals surface area contributed by atoms with Crippen LogP contribution in [0.25, 0.3) is 11.3 Å². The molecule has 1 aromatic carbocycles. The molecule has 0 spiro atoms. The van der Waals surface area contributed by atoms with Crippen molar-refractivity contribution in [1.29, 1.82) is 0 Å². The van der Waals surface area contributed by atoms with Crippen molar-refractivity contribution in [2.24, 2.45) is 11.8 Å². The predicted octanol–water partition coefficient (Wildman–Crippen LogP) is 3.29. The zero-order valence-corrected chi connectivity index (χ0v) is 18.4. The number of carbonyl (C=O) groups excluding carboxylic acids is 1. The first kappa shape index (κ1) is 23.1. The van der Waals surface area contributed by atoms with Crippen LogP contribution in [0.5, 0.6) is 0 Å². The number of nitrogens with one attached hydrogen (secondary N) is 1. The maximum absolute atomic E-state index is 12.3. The molecule has 158 valence electrons. The van der Waals surface area contributed by atoms with E-state index in [1.54, 1.807) is 18.2 Å². The van der Waals surface area contributed by atoms with Crippen LogP contribution < -0.4 is 10.9 Å². The van der Waals surface area contributed by atoms with Crippen molar-refractivity contribution >= 4 is 17.5 Å². The monoisotopic (exact) mass is 418 g/mol. The van der Waals surface area contributed by atoms with Crippen LogP contribution in [-0.2, 0) is 11.3 Å². The van der Waals surface area contributed by atoms with Gasteiger partial charge in [0.15, 0.2) is 0 Å². The molecule has 0 bridgehead atoms. The molecule has 1 N–H and O–H groups in total. The maximum atomic E-state index is 12.3. The van der Waals surface area contributed by atoms with Crippen LogP contribution >= 0.6 is 11.6 Å². The van der Waals surface area contributed by atoms with Crippen molar-refractivity contribution in [3.63, 3.8) is 0 Å². The molecule has 0 atom stereocenters. The van der Waals surface area contributed by atoms with Crippen molar-refractivity contribution in [2.45, 2.75) is 34.2 Å². The molecule has 2 rings (SSSR count). The van der Waals surface area contributed by atoms with Gasteiger partial charge in [-0.05, 0) is 30.0 Å². The van der Waals surface area contributed by atoms with E-state index in [1.165, 1.54) is 10.7 Å². The first-order valence-electron chi connectivity index (χ1n) is 10.1. The number of nitrogens with zero attached hydrogens (tertiary/aromatic N) is 3. The molecular formula is C22H31ClN4O2. The average molecular weight is 419 g/mol. The maximum Gasteiger partial charge on any atom is 0.267 e. The normalized spacial score (nSPS) is 11.4. The summed E-state index contributed by atoms with van der Waals surface area (Å²) in [6.07, 6.45) is 0. The van der Waals surface area contributed by atoms with E-state index in [9.17, 15) is 9.59 Å². The molecule has 0 unspecified atom stereocenters. The van der Waals surface area contributed by atoms with Gasteiger partial charge in [-0.3, -0.25) is 9.59 Å². The minimum Gasteiger partial charge on any atom is -0.353 e. The van der Waals surface area contributed by atoms with E-state index in [-0.39, 0.29) is 18.0 Å². The first-order valence-corrected chi connectivity index (χ1v) is 10.5. The molecule has 0 saturated heterocycles. The van der Waals surface area contributed by atoms with Gasteiger partial charge < -0.3 is 10.2 Å². The molecule has 1 aromatic heterocycles. The summed E-state index contributed by atoms with van der Waals surface area (Å²) in [6, 6.07) is 10.3. The Balaban J connectivity index is 1.95. The van der Waals surface area contributed by atoms with E-state index in [0.29, 0.717) is 29.1 Å². The Morgan fingerprint density at radius 2 is 1.69 bits per heavy atom. The SMILES string of the molecule is CC(C)CN(CCNC(=O)Cn1nc(-c2ccc(Cl)cc2)ccc1=O)CC(C)C. The minimum absolute atomic E-state index is 0.103. The Bertz CT molecular complexity index is 837. The predicted molar refractivity (Wildman–Crippen MR) is 118 cm³/mol. The van der Waals surface area contributed by atoms with Crippen LogP contribution in [0.1, 0.15) is 27.7 Å². The van der Waals surface area contributed by atoms with Gasteiger partial charge in [-0.15, -0.1) is 0 Å². The van der Waals surface area contributed by atoms with Crippen molar-refractivity contribution in [3.8, 4) is 11.3 Å². The van der Waals surface area contributed by atoms with Gasteiger partial charge in [-0.25, -0.2) is 4.68 Å². The summed E-state index contributed by atoms with van der Waals surface area (Å²) in [5.74, 6) is 0.924. The molecule has 0 saturated carbocycles. The van der Waals surface area contributed by atoms with E-state index in [2.05, 4.69) is 43.0 Å². The number of benzene rings is 1. The highest BCUT2D eigenvalue weighted by molar-refractivity contribution is 6.30. The molecular weight excluding hydrogens is 388 g/mol. The molecule has 6 nitrogen and oxygen atoms in total. The Morgan fingerprint density at radius 3 is 2.28 bits per heavy atom. The quantitative estimate of drug-likeness (QED) is 0.642. The molecule has 7 heteroatoms. The van der Waals surface area contributed by atoms with Crippen molar-refractivity contribution < 1.29 is 4.79 Å². The molecule has 0 aliphatic carbocycles. The third-order valence-corrected chi connectivity index (χ3v) is 4.55. The highest BCUT2D eigenvalue weighted by Gasteiger charge is 2.11. The van der Waals surface area contributed by atoms with Crippen LogP contribution in [0.4, 0.5) is 0 Å². The van der Waals surface area contributed by atoms with Gasteiger partial charge in [-0.1, -0.05) is 51.4 Å². The lowest BCUT2D eigenvalue weighted by atomic mass is 10.1. The van der Waals surface area contributed by atoms with Gasteiger partial charge in [0.1, 0.15) is 6.54 Å². The summed E-state index contributed by atoms with van der Waals surface area (Å²) >= 11 is 5.92. The van der Waals surface area contributed by atoms with Gasteiger partial charge in [0.25, 0.3) is 5.56 Å². The number of hydrogen-bond acceptors (Lipinski definition) is 4. The van der Waals surface area contributed by atoms with Gasteiger partial charge in [-0.2, -0.15) is 5.10 Å². The van der Waals surface area contributed by atoms with Gasteiger partial charge >= 0.3 is 0 Å². The molecule has 1 heterocycles. The Hall–Kier alpha value is -2.18. The zero-order valence-electron chi connectivity index (χ0n) is 17.7. The van der Waals surface area contributed by atoms with E-state index < -0.39 is 0 Å². The number of hydrogen-bond donors (Lipinski definition) is 1. The molecule has 0 radical (unpaired) electrons. The van der Waals surface area contributed by atoms with E-state index in [4.69, 9.17) is 11.6 Å². The highest BCUT2D eigenvalue weighted by atomic mass is 35.5. The Kier molecular flexibility index (Phi) is 8.86. The summed E-state index contributed by atoms with van der Waals surface area (Å²) in [6.45, 7) is 12.0. The topological polar surface area (TPSA) is 67.2 Å². The highest BCUT2D eigenvalue weighted by Crippen LogP contribution is 2.18. The smallest absolute Gasteiger partial charge is 0.267 e.